The molecule has 1 spiro atoms. The molecule has 0 radical (unpaired) electrons. The van der Waals surface area contributed by atoms with Gasteiger partial charge in [0, 0.05) is 13.1 Å². The Hall–Kier alpha value is -1.39. The Kier molecular flexibility index (Phi) is 3.90. The minimum atomic E-state index is -0.192. The van der Waals surface area contributed by atoms with Crippen molar-refractivity contribution in [3.63, 3.8) is 0 Å². The molecule has 0 unspecified atom stereocenters. The summed E-state index contributed by atoms with van der Waals surface area (Å²) in [6.07, 6.45) is 4.41. The van der Waals surface area contributed by atoms with E-state index in [9.17, 15) is 4.79 Å². The highest BCUT2D eigenvalue weighted by atomic mass is 16.3. The first-order valence-electron chi connectivity index (χ1n) is 8.94. The maximum atomic E-state index is 13.0. The molecule has 2 heterocycles. The lowest BCUT2D eigenvalue weighted by Crippen LogP contribution is -2.66. The molecular formula is C19H26N2O2. The van der Waals surface area contributed by atoms with E-state index in [1.54, 1.807) is 0 Å². The SMILES string of the molecule is O=C1N(CC2CC2)[C@H](c2ccccc2)C12CCN(CCO)CC2. The van der Waals surface area contributed by atoms with E-state index in [2.05, 4.69) is 34.1 Å². The maximum Gasteiger partial charge on any atom is 0.231 e. The number of piperidine rings is 1. The van der Waals surface area contributed by atoms with Crippen LogP contribution in [0.25, 0.3) is 0 Å². The number of carbonyl (C=O) groups is 1. The summed E-state index contributed by atoms with van der Waals surface area (Å²) in [6, 6.07) is 10.8. The second-order valence-corrected chi connectivity index (χ2v) is 7.44. The second kappa shape index (κ2) is 5.91. The molecule has 1 aromatic rings. The Labute approximate surface area is 138 Å². The number of aliphatic hydroxyl groups is 1. The van der Waals surface area contributed by atoms with Crippen molar-refractivity contribution in [2.24, 2.45) is 11.3 Å². The van der Waals surface area contributed by atoms with E-state index in [1.165, 1.54) is 18.4 Å². The predicted octanol–water partition coefficient (Wildman–Crippen LogP) is 2.05. The van der Waals surface area contributed by atoms with Crippen LogP contribution in [-0.2, 0) is 4.79 Å². The molecule has 0 bridgehead atoms. The molecule has 124 valence electrons. The Morgan fingerprint density at radius 1 is 1.13 bits per heavy atom. The van der Waals surface area contributed by atoms with Crippen molar-refractivity contribution in [2.75, 3.05) is 32.8 Å². The number of nitrogens with zero attached hydrogens (tertiary/aromatic N) is 2. The average molecular weight is 314 g/mol. The van der Waals surface area contributed by atoms with Crippen LogP contribution in [0.1, 0.15) is 37.3 Å². The molecule has 1 aliphatic carbocycles. The second-order valence-electron chi connectivity index (χ2n) is 7.44. The first-order chi connectivity index (χ1) is 11.2. The van der Waals surface area contributed by atoms with Crippen molar-refractivity contribution >= 4 is 5.91 Å². The number of rotatable bonds is 5. The molecule has 1 saturated carbocycles. The smallest absolute Gasteiger partial charge is 0.231 e. The molecular weight excluding hydrogens is 288 g/mol. The summed E-state index contributed by atoms with van der Waals surface area (Å²) in [4.78, 5) is 17.4. The van der Waals surface area contributed by atoms with Crippen LogP contribution in [0, 0.1) is 11.3 Å². The summed E-state index contributed by atoms with van der Waals surface area (Å²) in [6.45, 7) is 3.73. The van der Waals surface area contributed by atoms with Gasteiger partial charge in [-0.2, -0.15) is 0 Å². The fourth-order valence-corrected chi connectivity index (χ4v) is 4.46. The van der Waals surface area contributed by atoms with Crippen molar-refractivity contribution in [1.29, 1.82) is 0 Å². The standard InChI is InChI=1S/C19H26N2O2/c22-13-12-20-10-8-19(9-11-20)17(16-4-2-1-3-5-16)21(18(19)23)14-15-6-7-15/h1-5,15,17,22H,6-14H2/t17-/m1/s1. The van der Waals surface area contributed by atoms with Gasteiger partial charge in [-0.25, -0.2) is 0 Å². The van der Waals surface area contributed by atoms with Gasteiger partial charge in [-0.05, 0) is 50.3 Å². The Balaban J connectivity index is 1.56. The average Bonchev–Trinajstić information content (AvgIpc) is 3.41. The maximum absolute atomic E-state index is 13.0. The van der Waals surface area contributed by atoms with E-state index >= 15 is 0 Å². The van der Waals surface area contributed by atoms with Crippen LogP contribution in [0.2, 0.25) is 0 Å². The monoisotopic (exact) mass is 314 g/mol. The lowest BCUT2D eigenvalue weighted by molar-refractivity contribution is -0.181. The number of carbonyl (C=O) groups excluding carboxylic acids is 1. The molecule has 4 heteroatoms. The van der Waals surface area contributed by atoms with E-state index < -0.39 is 0 Å². The number of aliphatic hydroxyl groups excluding tert-OH is 1. The highest BCUT2D eigenvalue weighted by Gasteiger charge is 2.61. The molecule has 1 atom stereocenters. The van der Waals surface area contributed by atoms with Gasteiger partial charge < -0.3 is 14.9 Å². The molecule has 3 aliphatic rings. The first-order valence-corrected chi connectivity index (χ1v) is 8.94. The molecule has 4 rings (SSSR count). The lowest BCUT2D eigenvalue weighted by atomic mass is 9.62. The van der Waals surface area contributed by atoms with E-state index in [0.717, 1.165) is 44.9 Å². The van der Waals surface area contributed by atoms with E-state index in [-0.39, 0.29) is 18.1 Å². The summed E-state index contributed by atoms with van der Waals surface area (Å²) in [5.74, 6) is 1.11. The van der Waals surface area contributed by atoms with Crippen molar-refractivity contribution in [2.45, 2.75) is 31.7 Å². The fourth-order valence-electron chi connectivity index (χ4n) is 4.46. The topological polar surface area (TPSA) is 43.8 Å². The summed E-state index contributed by atoms with van der Waals surface area (Å²) < 4.78 is 0. The van der Waals surface area contributed by atoms with Crippen LogP contribution >= 0.6 is 0 Å². The minimum Gasteiger partial charge on any atom is -0.395 e. The summed E-state index contributed by atoms with van der Waals surface area (Å²) in [5.41, 5.74) is 1.10. The molecule has 1 aromatic carbocycles. The van der Waals surface area contributed by atoms with Gasteiger partial charge in [-0.3, -0.25) is 4.79 Å². The van der Waals surface area contributed by atoms with E-state index in [4.69, 9.17) is 5.11 Å². The zero-order valence-electron chi connectivity index (χ0n) is 13.7. The van der Waals surface area contributed by atoms with Gasteiger partial charge in [-0.1, -0.05) is 30.3 Å². The zero-order valence-corrected chi connectivity index (χ0v) is 13.7. The Morgan fingerprint density at radius 2 is 1.83 bits per heavy atom. The normalized spacial score (nSPS) is 27.3. The molecule has 2 aliphatic heterocycles. The lowest BCUT2D eigenvalue weighted by Gasteiger charge is -2.59. The number of β-amino-alcohol motifs (C(OH)–C–C–N with tert-alkyl or cyclic N) is 1. The van der Waals surface area contributed by atoms with Crippen molar-refractivity contribution in [3.8, 4) is 0 Å². The number of hydrogen-bond acceptors (Lipinski definition) is 3. The molecule has 0 aromatic heterocycles. The van der Waals surface area contributed by atoms with Crippen LogP contribution in [0.5, 0.6) is 0 Å². The summed E-state index contributed by atoms with van der Waals surface area (Å²) >= 11 is 0. The highest BCUT2D eigenvalue weighted by Crippen LogP contribution is 2.56. The third kappa shape index (κ3) is 2.58. The van der Waals surface area contributed by atoms with Gasteiger partial charge in [0.15, 0.2) is 0 Å². The Morgan fingerprint density at radius 3 is 2.43 bits per heavy atom. The number of benzene rings is 1. The van der Waals surface area contributed by atoms with E-state index in [1.807, 2.05) is 6.07 Å². The van der Waals surface area contributed by atoms with Gasteiger partial charge in [0.2, 0.25) is 5.91 Å². The van der Waals surface area contributed by atoms with Crippen LogP contribution in [0.3, 0.4) is 0 Å². The van der Waals surface area contributed by atoms with Gasteiger partial charge in [0.25, 0.3) is 0 Å². The summed E-state index contributed by atoms with van der Waals surface area (Å²) in [5, 5.41) is 9.13. The van der Waals surface area contributed by atoms with Crippen molar-refractivity contribution in [1.82, 2.24) is 9.80 Å². The third-order valence-corrected chi connectivity index (χ3v) is 5.95. The largest absolute Gasteiger partial charge is 0.395 e. The molecule has 1 amide bonds. The van der Waals surface area contributed by atoms with Crippen molar-refractivity contribution < 1.29 is 9.90 Å². The van der Waals surface area contributed by atoms with Crippen LogP contribution in [0.4, 0.5) is 0 Å². The van der Waals surface area contributed by atoms with Crippen LogP contribution < -0.4 is 0 Å². The van der Waals surface area contributed by atoms with Crippen LogP contribution in [0.15, 0.2) is 30.3 Å². The third-order valence-electron chi connectivity index (χ3n) is 5.95. The molecule has 23 heavy (non-hydrogen) atoms. The minimum absolute atomic E-state index is 0.192. The number of amides is 1. The quantitative estimate of drug-likeness (QED) is 0.846. The van der Waals surface area contributed by atoms with Crippen LogP contribution in [-0.4, -0.2) is 53.6 Å². The zero-order chi connectivity index (χ0) is 15.9. The number of hydrogen-bond donors (Lipinski definition) is 1. The molecule has 1 N–H and O–H groups in total. The van der Waals surface area contributed by atoms with Gasteiger partial charge in [-0.15, -0.1) is 0 Å². The fraction of sp³-hybridized carbons (Fsp3) is 0.632. The molecule has 2 saturated heterocycles. The molecule has 4 nitrogen and oxygen atoms in total. The van der Waals surface area contributed by atoms with E-state index in [0.29, 0.717) is 5.91 Å². The summed E-state index contributed by atoms with van der Waals surface area (Å²) in [7, 11) is 0. The number of β-lactam (4-membered cyclic amide) rings is 1. The van der Waals surface area contributed by atoms with Crippen molar-refractivity contribution in [3.05, 3.63) is 35.9 Å². The molecule has 3 fully saturated rings. The first kappa shape index (κ1) is 15.2. The van der Waals surface area contributed by atoms with Gasteiger partial charge >= 0.3 is 0 Å². The Bertz CT molecular complexity index is 562. The van der Waals surface area contributed by atoms with Gasteiger partial charge in [0.1, 0.15) is 0 Å². The number of likely N-dealkylation sites (tertiary alicyclic amines) is 2. The highest BCUT2D eigenvalue weighted by molar-refractivity contribution is 5.91. The predicted molar refractivity (Wildman–Crippen MR) is 88.8 cm³/mol. The van der Waals surface area contributed by atoms with Gasteiger partial charge in [0.05, 0.1) is 18.1 Å².